The van der Waals surface area contributed by atoms with Gasteiger partial charge in [-0.15, -0.1) is 0 Å². The number of rotatable bonds is 4. The molecule has 0 aromatic heterocycles. The molecule has 0 aliphatic rings. The topological polar surface area (TPSA) is 41.3 Å². The van der Waals surface area contributed by atoms with E-state index in [9.17, 15) is 0 Å². The Morgan fingerprint density at radius 3 is 2.71 bits per heavy atom. The highest BCUT2D eigenvalue weighted by atomic mass is 35.5. The zero-order valence-corrected chi connectivity index (χ0v) is 9.25. The molecular formula is C10H16ClN3. The Morgan fingerprint density at radius 2 is 2.21 bits per heavy atom. The van der Waals surface area contributed by atoms with E-state index < -0.39 is 0 Å². The van der Waals surface area contributed by atoms with Gasteiger partial charge in [0.25, 0.3) is 0 Å². The number of hydrazine groups is 1. The summed E-state index contributed by atoms with van der Waals surface area (Å²) in [5.74, 6) is 5.48. The molecule has 78 valence electrons. The zero-order valence-electron chi connectivity index (χ0n) is 8.50. The number of hydrogen-bond donors (Lipinski definition) is 2. The van der Waals surface area contributed by atoms with Crippen LogP contribution in [0.4, 0.5) is 0 Å². The second-order valence-corrected chi connectivity index (χ2v) is 3.97. The lowest BCUT2D eigenvalue weighted by Crippen LogP contribution is -2.35. The molecule has 0 aliphatic heterocycles. The van der Waals surface area contributed by atoms with Crippen LogP contribution in [0.5, 0.6) is 0 Å². The Kier molecular flexibility index (Phi) is 4.35. The number of likely N-dealkylation sites (N-methyl/N-ethyl adjacent to an activating group) is 1. The van der Waals surface area contributed by atoms with Crippen LogP contribution in [0.25, 0.3) is 0 Å². The van der Waals surface area contributed by atoms with Crippen molar-refractivity contribution >= 4 is 11.6 Å². The molecule has 3 N–H and O–H groups in total. The Balaban J connectivity index is 2.78. The average molecular weight is 214 g/mol. The highest BCUT2D eigenvalue weighted by molar-refractivity contribution is 6.30. The highest BCUT2D eigenvalue weighted by Gasteiger charge is 2.10. The summed E-state index contributed by atoms with van der Waals surface area (Å²) in [6.45, 7) is 0.844. The summed E-state index contributed by atoms with van der Waals surface area (Å²) in [7, 11) is 4.02. The van der Waals surface area contributed by atoms with Crippen LogP contribution in [0.2, 0.25) is 5.02 Å². The smallest absolute Gasteiger partial charge is 0.0587 e. The fraction of sp³-hybridized carbons (Fsp3) is 0.400. The van der Waals surface area contributed by atoms with E-state index >= 15 is 0 Å². The minimum Gasteiger partial charge on any atom is -0.307 e. The van der Waals surface area contributed by atoms with Crippen LogP contribution in [-0.4, -0.2) is 25.5 Å². The van der Waals surface area contributed by atoms with E-state index in [1.54, 1.807) is 0 Å². The largest absolute Gasteiger partial charge is 0.307 e. The zero-order chi connectivity index (χ0) is 10.6. The van der Waals surface area contributed by atoms with Crippen LogP contribution in [0.15, 0.2) is 24.3 Å². The third-order valence-corrected chi connectivity index (χ3v) is 2.24. The first-order valence-electron chi connectivity index (χ1n) is 4.50. The lowest BCUT2D eigenvalue weighted by molar-refractivity contribution is 0.344. The number of hydrogen-bond acceptors (Lipinski definition) is 3. The van der Waals surface area contributed by atoms with Gasteiger partial charge in [-0.3, -0.25) is 11.3 Å². The van der Waals surface area contributed by atoms with E-state index in [0.717, 1.165) is 17.1 Å². The molecule has 0 saturated carbocycles. The Hall–Kier alpha value is -0.610. The lowest BCUT2D eigenvalue weighted by Gasteiger charge is -2.20. The maximum atomic E-state index is 5.90. The van der Waals surface area contributed by atoms with Gasteiger partial charge in [0.1, 0.15) is 0 Å². The number of benzene rings is 1. The first-order valence-corrected chi connectivity index (χ1v) is 4.87. The fourth-order valence-corrected chi connectivity index (χ4v) is 1.54. The molecule has 0 aliphatic carbocycles. The Bertz CT molecular complexity index is 288. The predicted octanol–water partition coefficient (Wildman–Crippen LogP) is 1.41. The van der Waals surface area contributed by atoms with Gasteiger partial charge in [-0.2, -0.15) is 0 Å². The van der Waals surface area contributed by atoms with Gasteiger partial charge in [0.15, 0.2) is 0 Å². The molecule has 0 heterocycles. The fourth-order valence-electron chi connectivity index (χ4n) is 1.34. The van der Waals surface area contributed by atoms with E-state index in [1.165, 1.54) is 0 Å². The normalized spacial score (nSPS) is 13.2. The molecule has 1 aromatic carbocycles. The molecule has 0 saturated heterocycles. The van der Waals surface area contributed by atoms with Gasteiger partial charge in [-0.05, 0) is 31.8 Å². The summed E-state index contributed by atoms with van der Waals surface area (Å²) < 4.78 is 0. The van der Waals surface area contributed by atoms with Gasteiger partial charge in [0, 0.05) is 11.6 Å². The minimum absolute atomic E-state index is 0.115. The van der Waals surface area contributed by atoms with Crippen molar-refractivity contribution in [1.29, 1.82) is 0 Å². The highest BCUT2D eigenvalue weighted by Crippen LogP contribution is 2.17. The molecule has 0 radical (unpaired) electrons. The van der Waals surface area contributed by atoms with Gasteiger partial charge < -0.3 is 4.90 Å². The van der Waals surface area contributed by atoms with Crippen molar-refractivity contribution in [3.8, 4) is 0 Å². The van der Waals surface area contributed by atoms with Crippen molar-refractivity contribution < 1.29 is 0 Å². The summed E-state index contributed by atoms with van der Waals surface area (Å²) in [5, 5.41) is 0.738. The molecule has 4 heteroatoms. The van der Waals surface area contributed by atoms with Crippen LogP contribution in [0.1, 0.15) is 11.6 Å². The SMILES string of the molecule is CN(C)CC(NN)c1cccc(Cl)c1. The number of halogens is 1. The minimum atomic E-state index is 0.115. The average Bonchev–Trinajstić information content (AvgIpc) is 2.14. The molecular weight excluding hydrogens is 198 g/mol. The van der Waals surface area contributed by atoms with E-state index in [2.05, 4.69) is 10.3 Å². The summed E-state index contributed by atoms with van der Waals surface area (Å²) in [4.78, 5) is 2.07. The van der Waals surface area contributed by atoms with Crippen LogP contribution < -0.4 is 11.3 Å². The molecule has 1 unspecified atom stereocenters. The van der Waals surface area contributed by atoms with Gasteiger partial charge in [0.2, 0.25) is 0 Å². The van der Waals surface area contributed by atoms with Crippen LogP contribution in [0.3, 0.4) is 0 Å². The molecule has 1 aromatic rings. The van der Waals surface area contributed by atoms with Crippen molar-refractivity contribution in [2.24, 2.45) is 5.84 Å². The molecule has 1 atom stereocenters. The van der Waals surface area contributed by atoms with Gasteiger partial charge >= 0.3 is 0 Å². The van der Waals surface area contributed by atoms with Crippen molar-refractivity contribution in [2.75, 3.05) is 20.6 Å². The van der Waals surface area contributed by atoms with E-state index in [0.29, 0.717) is 0 Å². The molecule has 0 bridgehead atoms. The third-order valence-electron chi connectivity index (χ3n) is 2.00. The molecule has 1 rings (SSSR count). The summed E-state index contributed by atoms with van der Waals surface area (Å²) in [6, 6.07) is 7.84. The van der Waals surface area contributed by atoms with Crippen molar-refractivity contribution in [3.63, 3.8) is 0 Å². The van der Waals surface area contributed by atoms with E-state index in [4.69, 9.17) is 17.4 Å². The standard InChI is InChI=1S/C10H16ClN3/c1-14(2)7-10(13-12)8-4-3-5-9(11)6-8/h3-6,10,13H,7,12H2,1-2H3. The Morgan fingerprint density at radius 1 is 1.50 bits per heavy atom. The summed E-state index contributed by atoms with van der Waals surface area (Å²) >= 11 is 5.90. The van der Waals surface area contributed by atoms with Crippen LogP contribution in [0, 0.1) is 0 Å². The van der Waals surface area contributed by atoms with Crippen LogP contribution >= 0.6 is 11.6 Å². The van der Waals surface area contributed by atoms with Gasteiger partial charge in [-0.25, -0.2) is 0 Å². The second-order valence-electron chi connectivity index (χ2n) is 3.54. The molecule has 3 nitrogen and oxygen atoms in total. The van der Waals surface area contributed by atoms with Crippen molar-refractivity contribution in [2.45, 2.75) is 6.04 Å². The van der Waals surface area contributed by atoms with Crippen LogP contribution in [-0.2, 0) is 0 Å². The number of nitrogens with zero attached hydrogens (tertiary/aromatic N) is 1. The molecule has 14 heavy (non-hydrogen) atoms. The van der Waals surface area contributed by atoms with E-state index in [1.807, 2.05) is 38.4 Å². The molecule has 0 spiro atoms. The lowest BCUT2D eigenvalue weighted by atomic mass is 10.1. The maximum absolute atomic E-state index is 5.90. The summed E-state index contributed by atoms with van der Waals surface area (Å²) in [6.07, 6.45) is 0. The van der Waals surface area contributed by atoms with Crippen molar-refractivity contribution in [3.05, 3.63) is 34.9 Å². The first-order chi connectivity index (χ1) is 6.63. The first kappa shape index (κ1) is 11.5. The Labute approximate surface area is 89.8 Å². The number of nitrogens with one attached hydrogen (secondary N) is 1. The number of nitrogens with two attached hydrogens (primary N) is 1. The third kappa shape index (κ3) is 3.27. The second kappa shape index (κ2) is 5.32. The van der Waals surface area contributed by atoms with Gasteiger partial charge in [-0.1, -0.05) is 23.7 Å². The molecule has 0 fully saturated rings. The molecule has 0 amide bonds. The quantitative estimate of drug-likeness (QED) is 0.587. The van der Waals surface area contributed by atoms with Crippen molar-refractivity contribution in [1.82, 2.24) is 10.3 Å². The van der Waals surface area contributed by atoms with Gasteiger partial charge in [0.05, 0.1) is 6.04 Å². The monoisotopic (exact) mass is 213 g/mol. The van der Waals surface area contributed by atoms with E-state index in [-0.39, 0.29) is 6.04 Å². The summed E-state index contributed by atoms with van der Waals surface area (Å²) in [5.41, 5.74) is 3.88. The predicted molar refractivity (Wildman–Crippen MR) is 60.1 cm³/mol. The maximum Gasteiger partial charge on any atom is 0.0587 e.